The Labute approximate surface area is 115 Å². The highest BCUT2D eigenvalue weighted by Crippen LogP contribution is 2.17. The lowest BCUT2D eigenvalue weighted by Gasteiger charge is -2.16. The molecule has 0 aliphatic carbocycles. The van der Waals surface area contributed by atoms with Crippen molar-refractivity contribution in [1.82, 2.24) is 5.32 Å². The third-order valence-electron chi connectivity index (χ3n) is 3.08. The van der Waals surface area contributed by atoms with E-state index in [2.05, 4.69) is 12.2 Å². The van der Waals surface area contributed by atoms with Crippen molar-refractivity contribution in [2.75, 3.05) is 13.2 Å². The van der Waals surface area contributed by atoms with Crippen LogP contribution in [0.3, 0.4) is 0 Å². The topological polar surface area (TPSA) is 65.3 Å². The molecule has 4 nitrogen and oxygen atoms in total. The van der Waals surface area contributed by atoms with Gasteiger partial charge in [-0.2, -0.15) is 5.26 Å². The number of aliphatic hydroxyl groups excluding tert-OH is 1. The summed E-state index contributed by atoms with van der Waals surface area (Å²) in [4.78, 5) is 0. The summed E-state index contributed by atoms with van der Waals surface area (Å²) in [6, 6.07) is 9.88. The largest absolute Gasteiger partial charge is 0.479 e. The van der Waals surface area contributed by atoms with Crippen molar-refractivity contribution in [1.29, 1.82) is 5.26 Å². The first-order valence-corrected chi connectivity index (χ1v) is 6.68. The van der Waals surface area contributed by atoms with Gasteiger partial charge in [0.05, 0.1) is 6.10 Å². The predicted octanol–water partition coefficient (Wildman–Crippen LogP) is 2.40. The number of ether oxygens (including phenoxy) is 1. The van der Waals surface area contributed by atoms with E-state index in [0.29, 0.717) is 5.75 Å². The average Bonchev–Trinajstić information content (AvgIpc) is 2.45. The fourth-order valence-corrected chi connectivity index (χ4v) is 1.76. The lowest BCUT2D eigenvalue weighted by Crippen LogP contribution is -2.23. The van der Waals surface area contributed by atoms with Crippen LogP contribution in [-0.2, 0) is 0 Å². The van der Waals surface area contributed by atoms with Crippen LogP contribution in [-0.4, -0.2) is 24.4 Å². The Kier molecular flexibility index (Phi) is 6.94. The van der Waals surface area contributed by atoms with E-state index < -0.39 is 0 Å². The maximum absolute atomic E-state index is 9.48. The summed E-state index contributed by atoms with van der Waals surface area (Å²) in [5.41, 5.74) is 1.16. The van der Waals surface area contributed by atoms with Gasteiger partial charge < -0.3 is 15.2 Å². The van der Waals surface area contributed by atoms with Gasteiger partial charge in [-0.1, -0.05) is 19.1 Å². The fraction of sp³-hybridized carbons (Fsp3) is 0.533. The van der Waals surface area contributed by atoms with Crippen molar-refractivity contribution in [3.8, 4) is 11.8 Å². The van der Waals surface area contributed by atoms with E-state index in [1.54, 1.807) is 0 Å². The molecule has 0 bridgehead atoms. The Morgan fingerprint density at radius 2 is 2.05 bits per heavy atom. The second kappa shape index (κ2) is 8.52. The average molecular weight is 262 g/mol. The van der Waals surface area contributed by atoms with Gasteiger partial charge >= 0.3 is 0 Å². The number of aliphatic hydroxyl groups is 1. The van der Waals surface area contributed by atoms with Crippen LogP contribution in [0, 0.1) is 11.3 Å². The third-order valence-corrected chi connectivity index (χ3v) is 3.08. The lowest BCUT2D eigenvalue weighted by atomic mass is 10.1. The van der Waals surface area contributed by atoms with E-state index in [1.165, 1.54) is 0 Å². The van der Waals surface area contributed by atoms with Gasteiger partial charge in [0.15, 0.2) is 6.61 Å². The molecular formula is C15H22N2O2. The monoisotopic (exact) mass is 262 g/mol. The van der Waals surface area contributed by atoms with Crippen molar-refractivity contribution in [2.45, 2.75) is 38.8 Å². The van der Waals surface area contributed by atoms with Crippen molar-refractivity contribution >= 4 is 0 Å². The summed E-state index contributed by atoms with van der Waals surface area (Å²) in [7, 11) is 0. The van der Waals surface area contributed by atoms with Gasteiger partial charge in [-0.15, -0.1) is 0 Å². The highest BCUT2D eigenvalue weighted by molar-refractivity contribution is 5.29. The summed E-state index contributed by atoms with van der Waals surface area (Å²) < 4.78 is 5.20. The lowest BCUT2D eigenvalue weighted by molar-refractivity contribution is 0.159. The van der Waals surface area contributed by atoms with Crippen molar-refractivity contribution < 1.29 is 9.84 Å². The molecule has 2 unspecified atom stereocenters. The van der Waals surface area contributed by atoms with Crippen LogP contribution >= 0.6 is 0 Å². The second-order valence-corrected chi connectivity index (χ2v) is 4.54. The summed E-state index contributed by atoms with van der Waals surface area (Å²) in [5, 5.41) is 21.3. The SMILES string of the molecule is CCC(O)CCNC(C)c1ccc(OCC#N)cc1. The van der Waals surface area contributed by atoms with Crippen LogP contribution in [0.5, 0.6) is 5.75 Å². The molecule has 0 heterocycles. The fourth-order valence-electron chi connectivity index (χ4n) is 1.76. The van der Waals surface area contributed by atoms with E-state index in [0.717, 1.165) is 24.9 Å². The van der Waals surface area contributed by atoms with Crippen LogP contribution < -0.4 is 10.1 Å². The van der Waals surface area contributed by atoms with E-state index in [1.807, 2.05) is 37.3 Å². The van der Waals surface area contributed by atoms with Crippen LogP contribution in [0.25, 0.3) is 0 Å². The first-order valence-electron chi connectivity index (χ1n) is 6.68. The molecule has 0 amide bonds. The standard InChI is InChI=1S/C15H22N2O2/c1-3-14(18)8-10-17-12(2)13-4-6-15(7-5-13)19-11-9-16/h4-7,12,14,17-18H,3,8,10-11H2,1-2H3. The predicted molar refractivity (Wildman–Crippen MR) is 74.9 cm³/mol. The number of nitriles is 1. The Morgan fingerprint density at radius 3 is 2.63 bits per heavy atom. The number of hydrogen-bond donors (Lipinski definition) is 2. The summed E-state index contributed by atoms with van der Waals surface area (Å²) in [6.45, 7) is 4.93. The van der Waals surface area contributed by atoms with Crippen LogP contribution in [0.4, 0.5) is 0 Å². The van der Waals surface area contributed by atoms with Crippen molar-refractivity contribution in [2.24, 2.45) is 0 Å². The molecular weight excluding hydrogens is 240 g/mol. The van der Waals surface area contributed by atoms with Crippen molar-refractivity contribution in [3.05, 3.63) is 29.8 Å². The summed E-state index contributed by atoms with van der Waals surface area (Å²) in [5.74, 6) is 0.707. The minimum atomic E-state index is -0.221. The van der Waals surface area contributed by atoms with E-state index >= 15 is 0 Å². The van der Waals surface area contributed by atoms with Gasteiger partial charge in [0.25, 0.3) is 0 Å². The maximum Gasteiger partial charge on any atom is 0.174 e. The van der Waals surface area contributed by atoms with Gasteiger partial charge in [0.2, 0.25) is 0 Å². The number of rotatable bonds is 8. The zero-order valence-corrected chi connectivity index (χ0v) is 11.6. The van der Waals surface area contributed by atoms with Crippen LogP contribution in [0.1, 0.15) is 38.3 Å². The van der Waals surface area contributed by atoms with Gasteiger partial charge in [-0.3, -0.25) is 0 Å². The Balaban J connectivity index is 2.40. The molecule has 0 aliphatic heterocycles. The van der Waals surface area contributed by atoms with E-state index in [4.69, 9.17) is 10.00 Å². The molecule has 0 aliphatic rings. The van der Waals surface area contributed by atoms with Gasteiger partial charge in [-0.25, -0.2) is 0 Å². The molecule has 0 aromatic heterocycles. The molecule has 0 saturated carbocycles. The first-order chi connectivity index (χ1) is 9.17. The number of nitrogens with one attached hydrogen (secondary N) is 1. The quantitative estimate of drug-likeness (QED) is 0.755. The maximum atomic E-state index is 9.48. The molecule has 1 aromatic carbocycles. The Hall–Kier alpha value is -1.57. The Bertz CT molecular complexity index is 398. The minimum absolute atomic E-state index is 0.0715. The van der Waals surface area contributed by atoms with Crippen molar-refractivity contribution in [3.63, 3.8) is 0 Å². The molecule has 0 radical (unpaired) electrons. The zero-order chi connectivity index (χ0) is 14.1. The third kappa shape index (κ3) is 5.73. The molecule has 1 aromatic rings. The van der Waals surface area contributed by atoms with Gasteiger partial charge in [0, 0.05) is 6.04 Å². The molecule has 19 heavy (non-hydrogen) atoms. The smallest absolute Gasteiger partial charge is 0.174 e. The summed E-state index contributed by atoms with van der Waals surface area (Å²) >= 11 is 0. The molecule has 1 rings (SSSR count). The molecule has 2 atom stereocenters. The van der Waals surface area contributed by atoms with E-state index in [-0.39, 0.29) is 18.8 Å². The highest BCUT2D eigenvalue weighted by Gasteiger charge is 2.06. The van der Waals surface area contributed by atoms with Gasteiger partial charge in [0.1, 0.15) is 11.8 Å². The van der Waals surface area contributed by atoms with Crippen LogP contribution in [0.2, 0.25) is 0 Å². The minimum Gasteiger partial charge on any atom is -0.479 e. The summed E-state index contributed by atoms with van der Waals surface area (Å²) in [6.07, 6.45) is 1.34. The molecule has 0 fully saturated rings. The molecule has 0 saturated heterocycles. The van der Waals surface area contributed by atoms with Gasteiger partial charge in [-0.05, 0) is 44.0 Å². The number of nitrogens with zero attached hydrogens (tertiary/aromatic N) is 1. The molecule has 2 N–H and O–H groups in total. The first kappa shape index (κ1) is 15.5. The number of hydrogen-bond acceptors (Lipinski definition) is 4. The molecule has 0 spiro atoms. The number of benzene rings is 1. The normalized spacial score (nSPS) is 13.6. The Morgan fingerprint density at radius 1 is 1.37 bits per heavy atom. The highest BCUT2D eigenvalue weighted by atomic mass is 16.5. The van der Waals surface area contributed by atoms with Crippen LogP contribution in [0.15, 0.2) is 24.3 Å². The molecule has 104 valence electrons. The molecule has 4 heteroatoms. The second-order valence-electron chi connectivity index (χ2n) is 4.54. The van der Waals surface area contributed by atoms with E-state index in [9.17, 15) is 5.11 Å². The zero-order valence-electron chi connectivity index (χ0n) is 11.6.